The number of rotatable bonds is 7. The van der Waals surface area contributed by atoms with E-state index in [1.54, 1.807) is 13.8 Å². The summed E-state index contributed by atoms with van der Waals surface area (Å²) in [6, 6.07) is 3.60. The molecule has 0 radical (unpaired) electrons. The molecule has 0 saturated heterocycles. The molecule has 0 heterocycles. The van der Waals surface area contributed by atoms with Crippen molar-refractivity contribution in [1.82, 2.24) is 0 Å². The van der Waals surface area contributed by atoms with Gasteiger partial charge >= 0.3 is 14.0 Å². The second-order valence-electron chi connectivity index (χ2n) is 4.09. The number of nitrogens with two attached hydrogens (primary N) is 1. The Labute approximate surface area is 134 Å². The smallest absolute Gasteiger partial charge is 0.406 e. The van der Waals surface area contributed by atoms with E-state index in [4.69, 9.17) is 14.8 Å². The highest BCUT2D eigenvalue weighted by Gasteiger charge is 2.35. The lowest BCUT2D eigenvalue weighted by atomic mass is 10.2. The molecule has 1 rings (SSSR count). The molecule has 0 unspecified atom stereocenters. The average molecular weight is 406 g/mol. The molecule has 0 spiro atoms. The van der Waals surface area contributed by atoms with Crippen molar-refractivity contribution in [2.24, 2.45) is 5.73 Å². The molecule has 0 amide bonds. The fourth-order valence-corrected chi connectivity index (χ4v) is 3.81. The lowest BCUT2D eigenvalue weighted by Gasteiger charge is -2.24. The van der Waals surface area contributed by atoms with Crippen molar-refractivity contribution < 1.29 is 31.5 Å². The number of benzene rings is 1. The van der Waals surface area contributed by atoms with Gasteiger partial charge in [-0.3, -0.25) is 4.57 Å². The Morgan fingerprint density at radius 2 is 1.77 bits per heavy atom. The number of hydrogen-bond acceptors (Lipinski definition) is 5. The Morgan fingerprint density at radius 1 is 1.23 bits per heavy atom. The van der Waals surface area contributed by atoms with E-state index in [2.05, 4.69) is 20.7 Å². The summed E-state index contributed by atoms with van der Waals surface area (Å²) in [5.41, 5.74) is 6.01. The molecule has 0 aliphatic carbocycles. The minimum absolute atomic E-state index is 0.0882. The second kappa shape index (κ2) is 7.79. The normalized spacial score (nSPS) is 14.0. The van der Waals surface area contributed by atoms with Gasteiger partial charge in [0.15, 0.2) is 0 Å². The zero-order valence-corrected chi connectivity index (χ0v) is 14.4. The maximum Gasteiger partial charge on any atom is 0.573 e. The Kier molecular flexibility index (Phi) is 6.88. The molecule has 1 aromatic carbocycles. The van der Waals surface area contributed by atoms with E-state index in [0.29, 0.717) is 4.47 Å². The van der Waals surface area contributed by atoms with Gasteiger partial charge in [0.1, 0.15) is 11.5 Å². The standard InChI is InChI=1S/C12H16BrF3NO4P/c1-3-19-22(18,20-4-2)11(17)8-5-9(13)7-10(6-8)21-12(14,15)16/h5-7,11H,3-4,17H2,1-2H3/t11-/m0/s1. The highest BCUT2D eigenvalue weighted by molar-refractivity contribution is 9.10. The molecule has 1 aromatic rings. The largest absolute Gasteiger partial charge is 0.573 e. The molecular weight excluding hydrogens is 390 g/mol. The van der Waals surface area contributed by atoms with Gasteiger partial charge in [0, 0.05) is 4.47 Å². The number of alkyl halides is 3. The van der Waals surface area contributed by atoms with E-state index in [-0.39, 0.29) is 18.8 Å². The summed E-state index contributed by atoms with van der Waals surface area (Å²) in [5, 5.41) is 0. The summed E-state index contributed by atoms with van der Waals surface area (Å²) < 4.78 is 63.8. The van der Waals surface area contributed by atoms with E-state index in [9.17, 15) is 17.7 Å². The van der Waals surface area contributed by atoms with Crippen molar-refractivity contribution in [1.29, 1.82) is 0 Å². The molecule has 0 saturated carbocycles. The third-order valence-electron chi connectivity index (χ3n) is 2.43. The number of hydrogen-bond donors (Lipinski definition) is 1. The molecule has 0 aromatic heterocycles. The molecule has 0 bridgehead atoms. The van der Waals surface area contributed by atoms with Gasteiger partial charge in [-0.05, 0) is 37.6 Å². The quantitative estimate of drug-likeness (QED) is 0.672. The average Bonchev–Trinajstić information content (AvgIpc) is 2.35. The Bertz CT molecular complexity index is 546. The van der Waals surface area contributed by atoms with E-state index >= 15 is 0 Å². The van der Waals surface area contributed by atoms with Crippen LogP contribution in [0.2, 0.25) is 0 Å². The van der Waals surface area contributed by atoms with Gasteiger partial charge in [-0.2, -0.15) is 0 Å². The van der Waals surface area contributed by atoms with E-state index in [1.165, 1.54) is 6.07 Å². The van der Waals surface area contributed by atoms with Crippen molar-refractivity contribution >= 4 is 23.5 Å². The molecular formula is C12H16BrF3NO4P. The van der Waals surface area contributed by atoms with Crippen molar-refractivity contribution in [3.05, 3.63) is 28.2 Å². The van der Waals surface area contributed by atoms with Gasteiger partial charge in [-0.1, -0.05) is 15.9 Å². The van der Waals surface area contributed by atoms with Crippen LogP contribution in [0.15, 0.2) is 22.7 Å². The fourth-order valence-electron chi connectivity index (χ4n) is 1.69. The van der Waals surface area contributed by atoms with Crippen LogP contribution in [0, 0.1) is 0 Å². The monoisotopic (exact) mass is 405 g/mol. The highest BCUT2D eigenvalue weighted by atomic mass is 79.9. The second-order valence-corrected chi connectivity index (χ2v) is 7.16. The maximum absolute atomic E-state index is 12.6. The Morgan fingerprint density at radius 3 is 2.23 bits per heavy atom. The van der Waals surface area contributed by atoms with Crippen LogP contribution in [-0.4, -0.2) is 19.6 Å². The Hall–Kier alpha value is -0.600. The van der Waals surface area contributed by atoms with Crippen LogP contribution in [0.3, 0.4) is 0 Å². The third kappa shape index (κ3) is 5.55. The highest BCUT2D eigenvalue weighted by Crippen LogP contribution is 2.58. The zero-order valence-electron chi connectivity index (χ0n) is 11.9. The molecule has 0 fully saturated rings. The molecule has 1 atom stereocenters. The lowest BCUT2D eigenvalue weighted by Crippen LogP contribution is -2.18. The summed E-state index contributed by atoms with van der Waals surface area (Å²) in [5.74, 6) is -1.72. The van der Waals surface area contributed by atoms with Gasteiger partial charge in [0.25, 0.3) is 0 Å². The van der Waals surface area contributed by atoms with E-state index in [1.807, 2.05) is 0 Å². The molecule has 2 N–H and O–H groups in total. The van der Waals surface area contributed by atoms with Crippen LogP contribution in [0.4, 0.5) is 13.2 Å². The molecule has 0 aliphatic rings. The van der Waals surface area contributed by atoms with Crippen molar-refractivity contribution in [2.45, 2.75) is 26.0 Å². The zero-order chi connectivity index (χ0) is 17.0. The third-order valence-corrected chi connectivity index (χ3v) is 5.10. The number of halogens is 4. The number of ether oxygens (including phenoxy) is 1. The first-order chi connectivity index (χ1) is 10.1. The van der Waals surface area contributed by atoms with Crippen molar-refractivity contribution in [3.8, 4) is 5.75 Å². The fraction of sp³-hybridized carbons (Fsp3) is 0.500. The van der Waals surface area contributed by atoms with Crippen LogP contribution in [0.25, 0.3) is 0 Å². The topological polar surface area (TPSA) is 70.8 Å². The van der Waals surface area contributed by atoms with Gasteiger partial charge in [-0.15, -0.1) is 13.2 Å². The van der Waals surface area contributed by atoms with Gasteiger partial charge in [0.2, 0.25) is 0 Å². The molecule has 0 aliphatic heterocycles. The van der Waals surface area contributed by atoms with E-state index in [0.717, 1.165) is 12.1 Å². The van der Waals surface area contributed by atoms with Crippen LogP contribution in [0.1, 0.15) is 25.2 Å². The van der Waals surface area contributed by atoms with Crippen LogP contribution < -0.4 is 10.5 Å². The lowest BCUT2D eigenvalue weighted by molar-refractivity contribution is -0.274. The SMILES string of the molecule is CCOP(=O)(OCC)[C@H](N)c1cc(Br)cc(OC(F)(F)F)c1. The minimum Gasteiger partial charge on any atom is -0.406 e. The van der Waals surface area contributed by atoms with Crippen LogP contribution in [-0.2, 0) is 13.6 Å². The molecule has 126 valence electrons. The van der Waals surface area contributed by atoms with Gasteiger partial charge in [0.05, 0.1) is 13.2 Å². The first kappa shape index (κ1) is 19.4. The Balaban J connectivity index is 3.16. The summed E-state index contributed by atoms with van der Waals surface area (Å²) in [4.78, 5) is 0. The van der Waals surface area contributed by atoms with Gasteiger partial charge < -0.3 is 19.5 Å². The predicted octanol–water partition coefficient (Wildman–Crippen LogP) is 4.57. The molecule has 22 heavy (non-hydrogen) atoms. The summed E-state index contributed by atoms with van der Waals surface area (Å²) in [7, 11) is -3.70. The predicted molar refractivity (Wildman–Crippen MR) is 78.6 cm³/mol. The molecule has 10 heteroatoms. The van der Waals surface area contributed by atoms with Gasteiger partial charge in [-0.25, -0.2) is 0 Å². The van der Waals surface area contributed by atoms with Crippen molar-refractivity contribution in [2.75, 3.05) is 13.2 Å². The van der Waals surface area contributed by atoms with E-state index < -0.39 is 25.5 Å². The first-order valence-electron chi connectivity index (χ1n) is 6.32. The summed E-state index contributed by atoms with van der Waals surface area (Å²) in [6.07, 6.45) is -4.84. The van der Waals surface area contributed by atoms with Crippen LogP contribution in [0.5, 0.6) is 5.75 Å². The minimum atomic E-state index is -4.84. The maximum atomic E-state index is 12.6. The van der Waals surface area contributed by atoms with Crippen LogP contribution >= 0.6 is 23.5 Å². The van der Waals surface area contributed by atoms with Crippen molar-refractivity contribution in [3.63, 3.8) is 0 Å². The summed E-state index contributed by atoms with van der Waals surface area (Å²) >= 11 is 3.06. The molecule has 5 nitrogen and oxygen atoms in total. The first-order valence-corrected chi connectivity index (χ1v) is 8.72. The summed E-state index contributed by atoms with van der Waals surface area (Å²) in [6.45, 7) is 3.39.